The second kappa shape index (κ2) is 18.9. The molecule has 1 N–H and O–H groups in total. The molecule has 0 aliphatic carbocycles. The summed E-state index contributed by atoms with van der Waals surface area (Å²) in [6.07, 6.45) is 0. The van der Waals surface area contributed by atoms with Crippen molar-refractivity contribution in [3.05, 3.63) is 30.3 Å². The van der Waals surface area contributed by atoms with Gasteiger partial charge in [0, 0.05) is 11.5 Å². The number of ether oxygens (including phenoxy) is 1. The van der Waals surface area contributed by atoms with E-state index in [1.54, 1.807) is 0 Å². The number of rotatable bonds is 11. The van der Waals surface area contributed by atoms with Crippen molar-refractivity contribution >= 4 is 74.2 Å². The van der Waals surface area contributed by atoms with E-state index < -0.39 is 118 Å². The number of hydrogen-bond acceptors (Lipinski definition) is 18. The summed E-state index contributed by atoms with van der Waals surface area (Å²) in [6.45, 7) is -0.138. The zero-order valence-corrected chi connectivity index (χ0v) is 35.4. The van der Waals surface area contributed by atoms with Crippen molar-refractivity contribution in [1.29, 1.82) is 0 Å². The van der Waals surface area contributed by atoms with Crippen LogP contribution >= 0.6 is 0 Å². The van der Waals surface area contributed by atoms with E-state index in [-0.39, 0.29) is 106 Å². The van der Waals surface area contributed by atoms with Crippen LogP contribution in [0.2, 0.25) is 0 Å². The molecule has 0 saturated carbocycles. The van der Waals surface area contributed by atoms with Crippen LogP contribution in [0.5, 0.6) is 17.2 Å². The molecular weight excluding hydrogens is 811 g/mol. The maximum absolute atomic E-state index is 13.3. The van der Waals surface area contributed by atoms with Crippen LogP contribution < -0.4 is 109 Å². The minimum absolute atomic E-state index is 0. The van der Waals surface area contributed by atoms with Crippen LogP contribution in [0.25, 0.3) is 10.8 Å². The number of sulfone groups is 1. The average molecular weight is 827 g/mol. The zero-order valence-electron chi connectivity index (χ0n) is 25.1. The Morgan fingerprint density at radius 1 is 0.833 bits per heavy atom. The van der Waals surface area contributed by atoms with Gasteiger partial charge in [-0.05, 0) is 42.5 Å². The van der Waals surface area contributed by atoms with Gasteiger partial charge in [-0.25, -0.2) is 29.4 Å². The van der Waals surface area contributed by atoms with Crippen LogP contribution in [-0.4, -0.2) is 72.7 Å². The number of benzene rings is 3. The smallest absolute Gasteiger partial charge is 0.871 e. The molecule has 3 rings (SSSR count). The van der Waals surface area contributed by atoms with Gasteiger partial charge in [-0.3, -0.25) is 9.55 Å². The van der Waals surface area contributed by atoms with E-state index in [4.69, 9.17) is 9.29 Å². The Balaban J connectivity index is 0. The van der Waals surface area contributed by atoms with Crippen LogP contribution in [-0.2, 0) is 61.7 Å². The van der Waals surface area contributed by atoms with Gasteiger partial charge in [-0.1, -0.05) is 11.5 Å². The van der Waals surface area contributed by atoms with Gasteiger partial charge in [-0.15, -0.1) is 5.11 Å². The first-order valence-corrected chi connectivity index (χ1v) is 17.0. The predicted molar refractivity (Wildman–Crippen MR) is 138 cm³/mol. The van der Waals surface area contributed by atoms with E-state index in [1.807, 2.05) is 0 Å². The normalized spacial score (nSPS) is 12.4. The number of hydrogen-bond donors (Lipinski definition) is 1. The Morgan fingerprint density at radius 2 is 1.42 bits per heavy atom. The van der Waals surface area contributed by atoms with Crippen molar-refractivity contribution in [2.45, 2.75) is 21.6 Å². The van der Waals surface area contributed by atoms with E-state index in [0.29, 0.717) is 30.3 Å². The molecule has 0 saturated heterocycles. The van der Waals surface area contributed by atoms with Crippen LogP contribution in [0.4, 0.5) is 17.1 Å². The Morgan fingerprint density at radius 3 is 1.90 bits per heavy atom. The fourth-order valence-electron chi connectivity index (χ4n) is 3.58. The van der Waals surface area contributed by atoms with Gasteiger partial charge in [-0.2, -0.15) is 13.5 Å². The molecule has 27 heteroatoms. The number of azo groups is 1. The second-order valence-corrected chi connectivity index (χ2v) is 14.3. The topological polar surface area (TPSA) is 328 Å². The largest absolute Gasteiger partial charge is 2.00 e. The van der Waals surface area contributed by atoms with Crippen LogP contribution in [0, 0.1) is 0 Å². The number of fused-ring (bicyclic) bond motifs is 1. The minimum Gasteiger partial charge on any atom is -0.871 e. The molecule has 0 fully saturated rings. The van der Waals surface area contributed by atoms with Crippen LogP contribution in [0.1, 0.15) is 6.92 Å². The predicted octanol–water partition coefficient (Wildman–Crippen LogP) is -9.77. The monoisotopic (exact) mass is 826 g/mol. The average Bonchev–Trinajstić information content (AvgIpc) is 2.85. The van der Waals surface area contributed by atoms with Gasteiger partial charge in [0.15, 0.2) is 9.84 Å². The van der Waals surface area contributed by atoms with Gasteiger partial charge in [0.25, 0.3) is 0 Å². The quantitative estimate of drug-likeness (QED) is 0.0617. The summed E-state index contributed by atoms with van der Waals surface area (Å²) in [6, 6.07) is 2.76. The fraction of sp³-hybridized carbons (Fsp3) is 0.190. The molecule has 0 bridgehead atoms. The van der Waals surface area contributed by atoms with E-state index in [0.717, 1.165) is 14.0 Å². The molecule has 0 atom stereocenters. The molecule has 0 unspecified atom stereocenters. The van der Waals surface area contributed by atoms with E-state index >= 15 is 0 Å². The molecule has 0 amide bonds. The Kier molecular flexibility index (Phi) is 19.5. The first kappa shape index (κ1) is 49.7. The van der Waals surface area contributed by atoms with Crippen molar-refractivity contribution in [2.24, 2.45) is 15.2 Å². The van der Waals surface area contributed by atoms with Crippen molar-refractivity contribution in [3.8, 4) is 17.2 Å². The fourth-order valence-corrected chi connectivity index (χ4v) is 6.41. The molecule has 0 spiro atoms. The third-order valence-corrected chi connectivity index (χ3v) is 9.16. The van der Waals surface area contributed by atoms with E-state index in [1.165, 1.54) is 0 Å². The Labute approximate surface area is 351 Å². The molecule has 0 heterocycles. The maximum atomic E-state index is 13.3. The van der Waals surface area contributed by atoms with Crippen molar-refractivity contribution < 1.29 is 177 Å². The van der Waals surface area contributed by atoms with Gasteiger partial charge in [0.05, 0.1) is 46.3 Å². The number of aliphatic imine (C=N–C) groups is 1. The summed E-state index contributed by atoms with van der Waals surface area (Å²) in [5.41, 5.74) is -2.67. The van der Waals surface area contributed by atoms with Gasteiger partial charge >= 0.3 is 116 Å². The molecular formula is C21H16CuN3Na3O16S4. The molecule has 0 aromatic heterocycles. The van der Waals surface area contributed by atoms with Crippen molar-refractivity contribution in [2.75, 3.05) is 19.5 Å². The van der Waals surface area contributed by atoms with Crippen LogP contribution in [0.15, 0.2) is 60.2 Å². The van der Waals surface area contributed by atoms with Gasteiger partial charge in [0.2, 0.25) is 0 Å². The standard InChI is InChI=1S/C21H21N3O16S4.Cu.3Na/c1-10(25)22-14-7-12(42(30,31)32)5-11-6-18(43(33,34)35)20(21(27)19(11)14)24-23-13-8-16(39-2)17(9-15(13)26)41(28,29)4-3-40-44(36,37)38;;;;/h5-9,26-27H,3-4H2,1-2H3,(H,22,25)(H,30,31,32)(H,33,34,35)(H,36,37,38);;;;/q;+2;3*+1/p-5. The first-order valence-electron chi connectivity index (χ1n) is 11.2. The van der Waals surface area contributed by atoms with Crippen LogP contribution in [0.3, 0.4) is 0 Å². The molecule has 3 aromatic carbocycles. The number of methoxy groups -OCH3 is 1. The Hall–Kier alpha value is -0.451. The van der Waals surface area contributed by atoms with Crippen molar-refractivity contribution in [1.82, 2.24) is 0 Å². The maximum Gasteiger partial charge on any atom is 2.00 e. The van der Waals surface area contributed by atoms with Gasteiger partial charge < -0.3 is 29.2 Å². The van der Waals surface area contributed by atoms with Crippen molar-refractivity contribution in [3.63, 3.8) is 0 Å². The van der Waals surface area contributed by atoms with E-state index in [2.05, 4.69) is 19.4 Å². The van der Waals surface area contributed by atoms with E-state index in [9.17, 15) is 58.1 Å². The third kappa shape index (κ3) is 12.6. The molecule has 19 nitrogen and oxygen atoms in total. The SMILES string of the molecule is COc1cc(N=Nc2c(S(=O)(=O)[O-])cc3cc(S(=O)(=O)[O-])cc(N=C(C)[O-])c3c2[O-])c([O-])cc1S(=O)(=O)CCOS(=O)(=O)O.[Cu+2].[Na+].[Na+].[Na+]. The third-order valence-electron chi connectivity index (χ3n) is 5.34. The molecule has 1 radical (unpaired) electrons. The zero-order chi connectivity index (χ0) is 33.4. The molecule has 48 heavy (non-hydrogen) atoms. The summed E-state index contributed by atoms with van der Waals surface area (Å²) in [5.74, 6) is -5.23. The second-order valence-electron chi connectivity index (χ2n) is 8.37. The Bertz CT molecular complexity index is 2180. The summed E-state index contributed by atoms with van der Waals surface area (Å²) in [7, 11) is -19.3. The molecule has 3 aromatic rings. The summed E-state index contributed by atoms with van der Waals surface area (Å²) < 4.78 is 135. The van der Waals surface area contributed by atoms with Gasteiger partial charge in [0.1, 0.15) is 30.9 Å². The number of nitrogens with zero attached hydrogens (tertiary/aromatic N) is 3. The summed E-state index contributed by atoms with van der Waals surface area (Å²) >= 11 is 0. The molecule has 0 aliphatic heterocycles. The first-order chi connectivity index (χ1) is 20.0. The molecule has 0 aliphatic rings. The summed E-state index contributed by atoms with van der Waals surface area (Å²) in [4.78, 5) is 0.291. The molecule has 249 valence electrons. The summed E-state index contributed by atoms with van der Waals surface area (Å²) in [5, 5.41) is 43.2. The minimum atomic E-state index is -5.59.